The standard InChI is InChI=1S/C21H11F3O8S/c22-21(23,24)33(28,29)32-17-9-11(26)8-16-18(17)20(14-6-5-10(25)7-15(14)30-16)13-4-2-1-3-12(13)19(27)31-20/h1-9,25-26H. The van der Waals surface area contributed by atoms with E-state index in [1.54, 1.807) is 12.1 Å². The van der Waals surface area contributed by atoms with Crippen molar-refractivity contribution in [2.45, 2.75) is 11.1 Å². The van der Waals surface area contributed by atoms with Gasteiger partial charge in [0.15, 0.2) is 11.4 Å². The largest absolute Gasteiger partial charge is 0.534 e. The molecule has 2 heterocycles. The number of alkyl halides is 3. The Labute approximate surface area is 183 Å². The Morgan fingerprint density at radius 3 is 2.33 bits per heavy atom. The highest BCUT2D eigenvalue weighted by Crippen LogP contribution is 2.60. The molecule has 1 spiro atoms. The van der Waals surface area contributed by atoms with Crippen molar-refractivity contribution in [3.63, 3.8) is 0 Å². The number of phenols is 2. The summed E-state index contributed by atoms with van der Waals surface area (Å²) in [5.41, 5.74) is -7.82. The van der Waals surface area contributed by atoms with Crippen LogP contribution in [0.5, 0.6) is 28.7 Å². The number of carbonyl (C=O) groups excluding carboxylic acids is 1. The van der Waals surface area contributed by atoms with E-state index in [1.807, 2.05) is 0 Å². The van der Waals surface area contributed by atoms with Gasteiger partial charge in [-0.25, -0.2) is 4.79 Å². The Morgan fingerprint density at radius 1 is 0.909 bits per heavy atom. The van der Waals surface area contributed by atoms with Gasteiger partial charge in [-0.3, -0.25) is 0 Å². The number of phenolic OH excluding ortho intramolecular Hbond substituents is 2. The molecule has 2 aliphatic rings. The van der Waals surface area contributed by atoms with Gasteiger partial charge in [0.05, 0.1) is 11.1 Å². The van der Waals surface area contributed by atoms with Crippen LogP contribution in [0.25, 0.3) is 0 Å². The lowest BCUT2D eigenvalue weighted by Crippen LogP contribution is -2.35. The van der Waals surface area contributed by atoms with E-state index in [4.69, 9.17) is 9.47 Å². The van der Waals surface area contributed by atoms with Crippen LogP contribution in [0.1, 0.15) is 27.0 Å². The molecule has 0 radical (unpaired) electrons. The summed E-state index contributed by atoms with van der Waals surface area (Å²) in [6.07, 6.45) is 0. The van der Waals surface area contributed by atoms with E-state index < -0.39 is 38.7 Å². The summed E-state index contributed by atoms with van der Waals surface area (Å²) < 4.78 is 78.6. The number of aromatic hydroxyl groups is 2. The number of halogens is 3. The SMILES string of the molecule is O=C1OC2(c3ccc(O)cc3Oc3cc(O)cc(OS(=O)(=O)C(F)(F)F)c32)c2ccccc21. The third-order valence-electron chi connectivity index (χ3n) is 5.22. The Morgan fingerprint density at radius 2 is 1.61 bits per heavy atom. The van der Waals surface area contributed by atoms with E-state index in [9.17, 15) is 36.6 Å². The Bertz CT molecular complexity index is 1450. The fourth-order valence-electron chi connectivity index (χ4n) is 3.98. The third-order valence-corrected chi connectivity index (χ3v) is 6.19. The third kappa shape index (κ3) is 2.90. The quantitative estimate of drug-likeness (QED) is 0.322. The van der Waals surface area contributed by atoms with Gasteiger partial charge in [0.2, 0.25) is 0 Å². The van der Waals surface area contributed by atoms with Crippen molar-refractivity contribution in [2.75, 3.05) is 0 Å². The van der Waals surface area contributed by atoms with Crippen LogP contribution in [0.15, 0.2) is 54.6 Å². The maximum Gasteiger partial charge on any atom is 0.534 e. The van der Waals surface area contributed by atoms with Crippen LogP contribution in [0.2, 0.25) is 0 Å². The predicted molar refractivity (Wildman–Crippen MR) is 104 cm³/mol. The maximum atomic E-state index is 13.1. The lowest BCUT2D eigenvalue weighted by Gasteiger charge is -2.37. The molecule has 2 N–H and O–H groups in total. The first-order valence-corrected chi connectivity index (χ1v) is 10.6. The van der Waals surface area contributed by atoms with E-state index >= 15 is 0 Å². The lowest BCUT2D eigenvalue weighted by atomic mass is 9.77. The second kappa shape index (κ2) is 6.54. The van der Waals surface area contributed by atoms with Crippen molar-refractivity contribution in [1.29, 1.82) is 0 Å². The molecule has 3 aromatic rings. The average Bonchev–Trinajstić information content (AvgIpc) is 2.99. The van der Waals surface area contributed by atoms with Gasteiger partial charge >= 0.3 is 21.6 Å². The minimum Gasteiger partial charge on any atom is -0.508 e. The molecule has 0 aromatic heterocycles. The Hall–Kier alpha value is -3.93. The lowest BCUT2D eigenvalue weighted by molar-refractivity contribution is -0.0502. The molecule has 0 aliphatic carbocycles. The van der Waals surface area contributed by atoms with Gasteiger partial charge in [0.1, 0.15) is 23.0 Å². The summed E-state index contributed by atoms with van der Waals surface area (Å²) in [5.74, 6) is -3.09. The first kappa shape index (κ1) is 20.9. The number of hydrogen-bond donors (Lipinski definition) is 2. The molecule has 12 heteroatoms. The average molecular weight is 480 g/mol. The number of ether oxygens (including phenoxy) is 2. The van der Waals surface area contributed by atoms with Crippen molar-refractivity contribution < 1.29 is 50.3 Å². The van der Waals surface area contributed by atoms with Crippen LogP contribution < -0.4 is 8.92 Å². The zero-order valence-electron chi connectivity index (χ0n) is 16.1. The molecule has 170 valence electrons. The van der Waals surface area contributed by atoms with E-state index in [1.165, 1.54) is 30.3 Å². The maximum absolute atomic E-state index is 13.1. The van der Waals surface area contributed by atoms with Gasteiger partial charge in [0, 0.05) is 29.3 Å². The zero-order chi connectivity index (χ0) is 23.8. The second-order valence-corrected chi connectivity index (χ2v) is 8.74. The molecule has 1 atom stereocenters. The summed E-state index contributed by atoms with van der Waals surface area (Å²) >= 11 is 0. The molecule has 1 unspecified atom stereocenters. The van der Waals surface area contributed by atoms with Crippen molar-refractivity contribution in [2.24, 2.45) is 0 Å². The number of carbonyl (C=O) groups is 1. The van der Waals surface area contributed by atoms with Crippen molar-refractivity contribution in [3.05, 3.63) is 76.9 Å². The topological polar surface area (TPSA) is 119 Å². The minimum absolute atomic E-state index is 0.0396. The second-order valence-electron chi connectivity index (χ2n) is 7.20. The van der Waals surface area contributed by atoms with E-state index in [2.05, 4.69) is 4.18 Å². The molecular weight excluding hydrogens is 469 g/mol. The van der Waals surface area contributed by atoms with E-state index in [0.717, 1.165) is 6.07 Å². The highest BCUT2D eigenvalue weighted by molar-refractivity contribution is 7.88. The highest BCUT2D eigenvalue weighted by atomic mass is 32.2. The fourth-order valence-corrected chi connectivity index (χ4v) is 4.44. The molecular formula is C21H11F3O8S. The van der Waals surface area contributed by atoms with Gasteiger partial charge < -0.3 is 23.9 Å². The number of rotatable bonds is 2. The van der Waals surface area contributed by atoms with Gasteiger partial charge in [-0.05, 0) is 18.2 Å². The molecule has 33 heavy (non-hydrogen) atoms. The van der Waals surface area contributed by atoms with Crippen LogP contribution in [0.3, 0.4) is 0 Å². The molecule has 2 aliphatic heterocycles. The van der Waals surface area contributed by atoms with Gasteiger partial charge in [-0.15, -0.1) is 0 Å². The predicted octanol–water partition coefficient (Wildman–Crippen LogP) is 3.89. The van der Waals surface area contributed by atoms with Crippen molar-refractivity contribution in [1.82, 2.24) is 0 Å². The molecule has 0 saturated heterocycles. The number of hydrogen-bond acceptors (Lipinski definition) is 8. The smallest absolute Gasteiger partial charge is 0.508 e. The van der Waals surface area contributed by atoms with Crippen LogP contribution in [0, 0.1) is 0 Å². The normalized spacial score (nSPS) is 18.7. The summed E-state index contributed by atoms with van der Waals surface area (Å²) in [4.78, 5) is 12.7. The summed E-state index contributed by atoms with van der Waals surface area (Å²) in [5, 5.41) is 20.0. The van der Waals surface area contributed by atoms with E-state index in [-0.39, 0.29) is 39.5 Å². The van der Waals surface area contributed by atoms with Crippen LogP contribution >= 0.6 is 0 Å². The summed E-state index contributed by atoms with van der Waals surface area (Å²) in [6, 6.07) is 11.3. The van der Waals surface area contributed by atoms with Gasteiger partial charge in [0.25, 0.3) is 0 Å². The van der Waals surface area contributed by atoms with Crippen LogP contribution in [0.4, 0.5) is 13.2 Å². The number of esters is 1. The molecule has 0 fully saturated rings. The first-order chi connectivity index (χ1) is 15.4. The molecule has 0 amide bonds. The van der Waals surface area contributed by atoms with Gasteiger partial charge in [-0.2, -0.15) is 21.6 Å². The Kier molecular flexibility index (Phi) is 4.15. The fraction of sp³-hybridized carbons (Fsp3) is 0.0952. The summed E-state index contributed by atoms with van der Waals surface area (Å²) in [7, 11) is -6.17. The summed E-state index contributed by atoms with van der Waals surface area (Å²) in [6.45, 7) is 0. The Balaban J connectivity index is 1.88. The highest BCUT2D eigenvalue weighted by Gasteiger charge is 2.57. The molecule has 0 saturated carbocycles. The molecule has 8 nitrogen and oxygen atoms in total. The minimum atomic E-state index is -6.17. The van der Waals surface area contributed by atoms with Gasteiger partial charge in [-0.1, -0.05) is 18.2 Å². The number of fused-ring (bicyclic) bond motifs is 6. The first-order valence-electron chi connectivity index (χ1n) is 9.16. The number of benzene rings is 3. The molecule has 0 bridgehead atoms. The van der Waals surface area contributed by atoms with E-state index in [0.29, 0.717) is 6.07 Å². The molecule has 5 rings (SSSR count). The van der Waals surface area contributed by atoms with Crippen LogP contribution in [-0.2, 0) is 20.5 Å². The van der Waals surface area contributed by atoms with Crippen molar-refractivity contribution in [3.8, 4) is 28.7 Å². The van der Waals surface area contributed by atoms with Crippen LogP contribution in [-0.4, -0.2) is 30.1 Å². The monoisotopic (exact) mass is 480 g/mol. The zero-order valence-corrected chi connectivity index (χ0v) is 16.9. The molecule has 3 aromatic carbocycles. The van der Waals surface area contributed by atoms with Crippen molar-refractivity contribution >= 4 is 16.1 Å².